The van der Waals surface area contributed by atoms with Crippen molar-refractivity contribution in [2.24, 2.45) is 0 Å². The molecule has 1 unspecified atom stereocenters. The van der Waals surface area contributed by atoms with E-state index in [-0.39, 0.29) is 5.91 Å². The van der Waals surface area contributed by atoms with Gasteiger partial charge in [0.1, 0.15) is 11.4 Å². The summed E-state index contributed by atoms with van der Waals surface area (Å²) in [6, 6.07) is 2.21. The number of hydrogen-bond acceptors (Lipinski definition) is 2. The maximum atomic E-state index is 11.9. The van der Waals surface area contributed by atoms with Gasteiger partial charge in [-0.05, 0) is 44.4 Å². The third kappa shape index (κ3) is 2.46. The Labute approximate surface area is 115 Å². The van der Waals surface area contributed by atoms with E-state index in [0.717, 1.165) is 12.2 Å². The predicted octanol–water partition coefficient (Wildman–Crippen LogP) is 2.78. The monoisotopic (exact) mass is 261 g/mol. The van der Waals surface area contributed by atoms with Crippen LogP contribution in [0.3, 0.4) is 0 Å². The van der Waals surface area contributed by atoms with Crippen LogP contribution in [0.5, 0.6) is 5.75 Å². The van der Waals surface area contributed by atoms with Crippen molar-refractivity contribution < 1.29 is 9.53 Å². The number of rotatable bonds is 2. The molecule has 19 heavy (non-hydrogen) atoms. The number of carbonyl (C=O) groups is 1. The van der Waals surface area contributed by atoms with E-state index in [9.17, 15) is 4.79 Å². The lowest BCUT2D eigenvalue weighted by Gasteiger charge is -2.25. The fraction of sp³-hybridized carbons (Fsp3) is 0.562. The molecule has 0 spiro atoms. The zero-order chi connectivity index (χ0) is 14.4. The van der Waals surface area contributed by atoms with Crippen LogP contribution in [0.4, 0.5) is 0 Å². The number of aryl methyl sites for hydroxylation is 2. The predicted molar refractivity (Wildman–Crippen MR) is 76.7 cm³/mol. The number of carbonyl (C=O) groups excluding carboxylic acids is 1. The van der Waals surface area contributed by atoms with Gasteiger partial charge in [-0.3, -0.25) is 4.79 Å². The number of hydrogen-bond donors (Lipinski definition) is 0. The van der Waals surface area contributed by atoms with E-state index in [0.29, 0.717) is 6.42 Å². The molecular weight excluding hydrogens is 238 g/mol. The Bertz CT molecular complexity index is 534. The summed E-state index contributed by atoms with van der Waals surface area (Å²) in [6.07, 6.45) is 1.24. The Hall–Kier alpha value is -1.51. The van der Waals surface area contributed by atoms with Crippen molar-refractivity contribution in [1.29, 1.82) is 0 Å². The lowest BCUT2D eigenvalue weighted by molar-refractivity contribution is -0.132. The van der Waals surface area contributed by atoms with Gasteiger partial charge in [-0.2, -0.15) is 0 Å². The summed E-state index contributed by atoms with van der Waals surface area (Å²) < 4.78 is 6.16. The van der Waals surface area contributed by atoms with Crippen LogP contribution in [0.15, 0.2) is 6.07 Å². The highest BCUT2D eigenvalue weighted by atomic mass is 16.5. The summed E-state index contributed by atoms with van der Waals surface area (Å²) in [5.41, 5.74) is 4.56. The van der Waals surface area contributed by atoms with E-state index in [4.69, 9.17) is 4.74 Å². The Balaban J connectivity index is 2.31. The molecule has 1 aliphatic heterocycles. The minimum absolute atomic E-state index is 0.113. The van der Waals surface area contributed by atoms with Gasteiger partial charge in [-0.25, -0.2) is 0 Å². The molecule has 1 aromatic carbocycles. The maximum Gasteiger partial charge on any atom is 0.226 e. The van der Waals surface area contributed by atoms with E-state index in [1.54, 1.807) is 19.0 Å². The molecule has 104 valence electrons. The molecule has 1 aliphatic rings. The molecule has 2 rings (SSSR count). The Kier molecular flexibility index (Phi) is 3.33. The number of benzene rings is 1. The highest BCUT2D eigenvalue weighted by Gasteiger charge is 2.39. The molecule has 3 heteroatoms. The topological polar surface area (TPSA) is 29.5 Å². The molecule has 0 aliphatic carbocycles. The lowest BCUT2D eigenvalue weighted by Crippen LogP contribution is -2.37. The first-order valence-electron chi connectivity index (χ1n) is 6.72. The molecule has 0 radical (unpaired) electrons. The van der Waals surface area contributed by atoms with Gasteiger partial charge in [0.15, 0.2) is 0 Å². The highest BCUT2D eigenvalue weighted by Crippen LogP contribution is 2.42. The van der Waals surface area contributed by atoms with Gasteiger partial charge in [-0.15, -0.1) is 0 Å². The molecule has 3 nitrogen and oxygen atoms in total. The quantitative estimate of drug-likeness (QED) is 0.819. The van der Waals surface area contributed by atoms with E-state index in [2.05, 4.69) is 26.8 Å². The van der Waals surface area contributed by atoms with Gasteiger partial charge in [0.05, 0.1) is 6.42 Å². The van der Waals surface area contributed by atoms with Crippen LogP contribution in [0.25, 0.3) is 0 Å². The van der Waals surface area contributed by atoms with E-state index in [1.165, 1.54) is 22.3 Å². The second kappa shape index (κ2) is 4.55. The van der Waals surface area contributed by atoms with Gasteiger partial charge < -0.3 is 9.64 Å². The van der Waals surface area contributed by atoms with Crippen molar-refractivity contribution >= 4 is 5.91 Å². The first-order valence-corrected chi connectivity index (χ1v) is 6.72. The number of fused-ring (bicyclic) bond motifs is 1. The summed E-state index contributed by atoms with van der Waals surface area (Å²) in [5.74, 6) is 1.11. The molecule has 1 amide bonds. The molecule has 1 atom stereocenters. The van der Waals surface area contributed by atoms with Crippen LogP contribution in [0, 0.1) is 20.8 Å². The SMILES string of the molecule is Cc1cc(C)c2c(c1C)OC(C)(CC(=O)N(C)C)C2. The fourth-order valence-corrected chi connectivity index (χ4v) is 2.70. The summed E-state index contributed by atoms with van der Waals surface area (Å²) in [4.78, 5) is 13.6. The zero-order valence-corrected chi connectivity index (χ0v) is 12.8. The highest BCUT2D eigenvalue weighted by molar-refractivity contribution is 5.77. The molecule has 1 heterocycles. The Morgan fingerprint density at radius 1 is 1.32 bits per heavy atom. The second-order valence-electron chi connectivity index (χ2n) is 6.14. The van der Waals surface area contributed by atoms with Crippen LogP contribution >= 0.6 is 0 Å². The second-order valence-corrected chi connectivity index (χ2v) is 6.14. The Morgan fingerprint density at radius 2 is 1.95 bits per heavy atom. The van der Waals surface area contributed by atoms with Crippen LogP contribution < -0.4 is 4.74 Å². The molecule has 0 N–H and O–H groups in total. The average Bonchev–Trinajstić information content (AvgIpc) is 2.64. The average molecular weight is 261 g/mol. The number of nitrogens with zero attached hydrogens (tertiary/aromatic N) is 1. The van der Waals surface area contributed by atoms with E-state index < -0.39 is 5.60 Å². The lowest BCUT2D eigenvalue weighted by atomic mass is 9.91. The smallest absolute Gasteiger partial charge is 0.226 e. The minimum atomic E-state index is -0.410. The van der Waals surface area contributed by atoms with E-state index >= 15 is 0 Å². The van der Waals surface area contributed by atoms with Crippen LogP contribution in [-0.2, 0) is 11.2 Å². The molecular formula is C16H23NO2. The maximum absolute atomic E-state index is 11.9. The molecule has 0 fully saturated rings. The zero-order valence-electron chi connectivity index (χ0n) is 12.8. The molecule has 0 bridgehead atoms. The molecule has 0 saturated carbocycles. The van der Waals surface area contributed by atoms with Gasteiger partial charge in [0.2, 0.25) is 5.91 Å². The summed E-state index contributed by atoms with van der Waals surface area (Å²) >= 11 is 0. The fourth-order valence-electron chi connectivity index (χ4n) is 2.70. The Morgan fingerprint density at radius 3 is 2.53 bits per heavy atom. The number of ether oxygens (including phenoxy) is 1. The van der Waals surface area contributed by atoms with Crippen LogP contribution in [0.1, 0.15) is 35.6 Å². The molecule has 1 aromatic rings. The first kappa shape index (κ1) is 13.9. The van der Waals surface area contributed by atoms with Crippen LogP contribution in [0.2, 0.25) is 0 Å². The van der Waals surface area contributed by atoms with Crippen molar-refractivity contribution in [2.45, 2.75) is 46.1 Å². The van der Waals surface area contributed by atoms with Crippen molar-refractivity contribution in [3.8, 4) is 5.75 Å². The van der Waals surface area contributed by atoms with Crippen molar-refractivity contribution in [1.82, 2.24) is 4.90 Å². The van der Waals surface area contributed by atoms with Gasteiger partial charge >= 0.3 is 0 Å². The van der Waals surface area contributed by atoms with Crippen molar-refractivity contribution in [2.75, 3.05) is 14.1 Å². The van der Waals surface area contributed by atoms with Gasteiger partial charge in [0, 0.05) is 26.1 Å². The normalized spacial score (nSPS) is 20.9. The van der Waals surface area contributed by atoms with Crippen LogP contribution in [-0.4, -0.2) is 30.5 Å². The summed E-state index contributed by atoms with van der Waals surface area (Å²) in [5, 5.41) is 0. The van der Waals surface area contributed by atoms with E-state index in [1.807, 2.05) is 6.92 Å². The van der Waals surface area contributed by atoms with Gasteiger partial charge in [0.25, 0.3) is 0 Å². The molecule has 0 aromatic heterocycles. The van der Waals surface area contributed by atoms with Gasteiger partial charge in [-0.1, -0.05) is 6.07 Å². The summed E-state index contributed by atoms with van der Waals surface area (Å²) in [7, 11) is 3.57. The standard InChI is InChI=1S/C16H23NO2/c1-10-7-11(2)13-8-16(4,9-14(18)17(5)6)19-15(13)12(10)3/h7H,8-9H2,1-6H3. The summed E-state index contributed by atoms with van der Waals surface area (Å²) in [6.45, 7) is 8.34. The number of amides is 1. The van der Waals surface area contributed by atoms with Crippen molar-refractivity contribution in [3.05, 3.63) is 28.3 Å². The third-order valence-corrected chi connectivity index (χ3v) is 4.04. The largest absolute Gasteiger partial charge is 0.486 e. The minimum Gasteiger partial charge on any atom is -0.486 e. The van der Waals surface area contributed by atoms with Crippen molar-refractivity contribution in [3.63, 3.8) is 0 Å². The first-order chi connectivity index (χ1) is 8.73. The molecule has 0 saturated heterocycles. The third-order valence-electron chi connectivity index (χ3n) is 4.04.